The van der Waals surface area contributed by atoms with Crippen molar-refractivity contribution >= 4 is 0 Å². The summed E-state index contributed by atoms with van der Waals surface area (Å²) in [6.07, 6.45) is 4.01. The Kier molecular flexibility index (Phi) is 4.43. The van der Waals surface area contributed by atoms with Crippen molar-refractivity contribution in [2.45, 2.75) is 47.0 Å². The highest BCUT2D eigenvalue weighted by atomic mass is 14.6. The average molecular weight is 197 g/mol. The van der Waals surface area contributed by atoms with Crippen LogP contribution in [-0.2, 0) is 0 Å². The van der Waals surface area contributed by atoms with Gasteiger partial charge in [0.05, 0.1) is 0 Å². The molecule has 0 aromatic carbocycles. The minimum absolute atomic E-state index is 0.788. The maximum absolute atomic E-state index is 5.89. The molecule has 14 heavy (non-hydrogen) atoms. The van der Waals surface area contributed by atoms with Gasteiger partial charge in [-0.05, 0) is 42.6 Å². The normalized spacial score (nSPS) is 43.9. The van der Waals surface area contributed by atoms with Gasteiger partial charge in [0.15, 0.2) is 0 Å². The second-order valence-corrected chi connectivity index (χ2v) is 5.19. The Bertz CT molecular complexity index is 165. The summed E-state index contributed by atoms with van der Waals surface area (Å²) >= 11 is 0. The highest BCUT2D eigenvalue weighted by Crippen LogP contribution is 2.44. The van der Waals surface area contributed by atoms with Crippen LogP contribution in [0.1, 0.15) is 47.0 Å². The van der Waals surface area contributed by atoms with Gasteiger partial charge in [0.1, 0.15) is 0 Å². The second kappa shape index (κ2) is 5.16. The van der Waals surface area contributed by atoms with E-state index in [1.807, 2.05) is 0 Å². The van der Waals surface area contributed by atoms with Crippen LogP contribution in [0.5, 0.6) is 0 Å². The van der Waals surface area contributed by atoms with Crippen molar-refractivity contribution in [3.8, 4) is 0 Å². The molecule has 1 fully saturated rings. The molecule has 0 saturated heterocycles. The molecular formula is C13H27N. The van der Waals surface area contributed by atoms with Gasteiger partial charge < -0.3 is 5.73 Å². The predicted molar refractivity (Wildman–Crippen MR) is 63.1 cm³/mol. The third-order valence-electron chi connectivity index (χ3n) is 4.76. The van der Waals surface area contributed by atoms with Crippen molar-refractivity contribution in [1.29, 1.82) is 0 Å². The van der Waals surface area contributed by atoms with E-state index in [0.29, 0.717) is 0 Å². The lowest BCUT2D eigenvalue weighted by atomic mass is 9.61. The van der Waals surface area contributed by atoms with Crippen molar-refractivity contribution < 1.29 is 0 Å². The van der Waals surface area contributed by atoms with Gasteiger partial charge in [-0.2, -0.15) is 0 Å². The van der Waals surface area contributed by atoms with Crippen LogP contribution in [-0.4, -0.2) is 6.54 Å². The van der Waals surface area contributed by atoms with E-state index in [9.17, 15) is 0 Å². The summed E-state index contributed by atoms with van der Waals surface area (Å²) in [5.41, 5.74) is 5.89. The van der Waals surface area contributed by atoms with Crippen LogP contribution in [0, 0.1) is 29.6 Å². The number of hydrogen-bond donors (Lipinski definition) is 1. The van der Waals surface area contributed by atoms with Crippen molar-refractivity contribution in [3.63, 3.8) is 0 Å². The fourth-order valence-corrected chi connectivity index (χ4v) is 3.54. The van der Waals surface area contributed by atoms with E-state index in [0.717, 1.165) is 36.1 Å². The Morgan fingerprint density at radius 3 is 2.07 bits per heavy atom. The summed E-state index contributed by atoms with van der Waals surface area (Å²) < 4.78 is 0. The van der Waals surface area contributed by atoms with Gasteiger partial charge in [-0.1, -0.05) is 40.5 Å². The van der Waals surface area contributed by atoms with Crippen LogP contribution in [0.15, 0.2) is 0 Å². The van der Waals surface area contributed by atoms with Crippen LogP contribution in [0.4, 0.5) is 0 Å². The monoisotopic (exact) mass is 197 g/mol. The first kappa shape index (κ1) is 12.0. The van der Waals surface area contributed by atoms with E-state index < -0.39 is 0 Å². The van der Waals surface area contributed by atoms with Gasteiger partial charge in [-0.25, -0.2) is 0 Å². The molecule has 1 saturated carbocycles. The molecule has 0 aromatic heterocycles. The average Bonchev–Trinajstić information content (AvgIpc) is 2.21. The van der Waals surface area contributed by atoms with Gasteiger partial charge in [-0.15, -0.1) is 0 Å². The zero-order valence-corrected chi connectivity index (χ0v) is 10.3. The number of hydrogen-bond acceptors (Lipinski definition) is 1. The number of nitrogens with two attached hydrogens (primary N) is 1. The fourth-order valence-electron chi connectivity index (χ4n) is 3.54. The maximum Gasteiger partial charge on any atom is -0.00460 e. The lowest BCUT2D eigenvalue weighted by Gasteiger charge is -2.44. The Morgan fingerprint density at radius 2 is 1.64 bits per heavy atom. The predicted octanol–water partition coefficient (Wildman–Crippen LogP) is 3.29. The van der Waals surface area contributed by atoms with E-state index in [2.05, 4.69) is 27.7 Å². The molecule has 0 heterocycles. The molecule has 0 radical (unpaired) electrons. The second-order valence-electron chi connectivity index (χ2n) is 5.19. The molecule has 2 N–H and O–H groups in total. The molecule has 5 atom stereocenters. The Labute approximate surface area is 89.5 Å². The Morgan fingerprint density at radius 1 is 1.00 bits per heavy atom. The molecular weight excluding hydrogens is 170 g/mol. The topological polar surface area (TPSA) is 26.0 Å². The first-order valence-corrected chi connectivity index (χ1v) is 6.35. The van der Waals surface area contributed by atoms with Crippen molar-refractivity contribution in [2.75, 3.05) is 6.54 Å². The van der Waals surface area contributed by atoms with Crippen LogP contribution in [0.3, 0.4) is 0 Å². The summed E-state index contributed by atoms with van der Waals surface area (Å²) in [5.74, 6) is 4.34. The van der Waals surface area contributed by atoms with Crippen molar-refractivity contribution in [1.82, 2.24) is 0 Å². The minimum atomic E-state index is 0.788. The minimum Gasteiger partial charge on any atom is -0.330 e. The number of rotatable bonds is 3. The van der Waals surface area contributed by atoms with Crippen LogP contribution in [0.2, 0.25) is 0 Å². The highest BCUT2D eigenvalue weighted by Gasteiger charge is 2.37. The smallest absolute Gasteiger partial charge is 0.00460 e. The van der Waals surface area contributed by atoms with Gasteiger partial charge >= 0.3 is 0 Å². The Hall–Kier alpha value is -0.0400. The van der Waals surface area contributed by atoms with E-state index in [1.54, 1.807) is 0 Å². The molecule has 0 bridgehead atoms. The maximum atomic E-state index is 5.89. The Balaban J connectivity index is 2.71. The van der Waals surface area contributed by atoms with Crippen LogP contribution < -0.4 is 5.73 Å². The molecule has 0 amide bonds. The fraction of sp³-hybridized carbons (Fsp3) is 1.00. The summed E-state index contributed by atoms with van der Waals surface area (Å²) in [6, 6.07) is 0. The van der Waals surface area contributed by atoms with Gasteiger partial charge in [0, 0.05) is 0 Å². The van der Waals surface area contributed by atoms with Crippen LogP contribution >= 0.6 is 0 Å². The van der Waals surface area contributed by atoms with Gasteiger partial charge in [-0.3, -0.25) is 0 Å². The van der Waals surface area contributed by atoms with Gasteiger partial charge in [0.25, 0.3) is 0 Å². The standard InChI is InChI=1S/C13H27N/c1-5-11-7-12(8-14)13(6-2)10(4)9(11)3/h9-13H,5-8,14H2,1-4H3. The first-order chi connectivity index (χ1) is 6.65. The van der Waals surface area contributed by atoms with Gasteiger partial charge in [0.2, 0.25) is 0 Å². The summed E-state index contributed by atoms with van der Waals surface area (Å²) in [5, 5.41) is 0. The SMILES string of the molecule is CCC1CC(CN)C(CC)C(C)C1C. The molecule has 1 heteroatoms. The van der Waals surface area contributed by atoms with E-state index in [4.69, 9.17) is 5.73 Å². The van der Waals surface area contributed by atoms with Crippen molar-refractivity contribution in [3.05, 3.63) is 0 Å². The molecule has 1 nitrogen and oxygen atoms in total. The molecule has 1 aliphatic carbocycles. The van der Waals surface area contributed by atoms with E-state index in [1.165, 1.54) is 19.3 Å². The largest absolute Gasteiger partial charge is 0.330 e. The molecule has 84 valence electrons. The zero-order valence-electron chi connectivity index (χ0n) is 10.3. The molecule has 0 aliphatic heterocycles. The summed E-state index contributed by atoms with van der Waals surface area (Å²) in [6.45, 7) is 10.4. The van der Waals surface area contributed by atoms with E-state index in [-0.39, 0.29) is 0 Å². The van der Waals surface area contributed by atoms with Crippen LogP contribution in [0.25, 0.3) is 0 Å². The quantitative estimate of drug-likeness (QED) is 0.738. The highest BCUT2D eigenvalue weighted by molar-refractivity contribution is 4.87. The first-order valence-electron chi connectivity index (χ1n) is 6.35. The molecule has 0 spiro atoms. The molecule has 0 aromatic rings. The summed E-state index contributed by atoms with van der Waals surface area (Å²) in [4.78, 5) is 0. The zero-order chi connectivity index (χ0) is 10.7. The summed E-state index contributed by atoms with van der Waals surface area (Å²) in [7, 11) is 0. The lowest BCUT2D eigenvalue weighted by Crippen LogP contribution is -2.40. The molecule has 5 unspecified atom stereocenters. The lowest BCUT2D eigenvalue weighted by molar-refractivity contribution is 0.0556. The molecule has 1 aliphatic rings. The molecule has 1 rings (SSSR count). The third-order valence-corrected chi connectivity index (χ3v) is 4.76. The van der Waals surface area contributed by atoms with Crippen molar-refractivity contribution in [2.24, 2.45) is 35.3 Å². The van der Waals surface area contributed by atoms with E-state index >= 15 is 0 Å². The third kappa shape index (κ3) is 2.13.